The number of likely N-dealkylation sites (tertiary alicyclic amines) is 1. The van der Waals surface area contributed by atoms with E-state index in [0.29, 0.717) is 5.57 Å². The zero-order chi connectivity index (χ0) is 24.7. The largest absolute Gasteiger partial charge is 0.456 e. The number of nitrogens with zero attached hydrogens (tertiary/aromatic N) is 1. The van der Waals surface area contributed by atoms with Crippen molar-refractivity contribution in [2.45, 2.75) is 46.1 Å². The van der Waals surface area contributed by atoms with Gasteiger partial charge in [0.1, 0.15) is 18.9 Å². The Hall–Kier alpha value is -3.78. The van der Waals surface area contributed by atoms with Crippen molar-refractivity contribution in [2.75, 3.05) is 6.61 Å². The van der Waals surface area contributed by atoms with Crippen molar-refractivity contribution in [2.24, 2.45) is 0 Å². The number of benzene rings is 2. The first-order valence-corrected chi connectivity index (χ1v) is 10.9. The van der Waals surface area contributed by atoms with Gasteiger partial charge in [0.25, 0.3) is 5.91 Å². The molecule has 0 saturated carbocycles. The topological polar surface area (TPSA) is 102 Å². The molecule has 0 bridgehead atoms. The molecule has 0 aliphatic carbocycles. The summed E-state index contributed by atoms with van der Waals surface area (Å²) in [6.45, 7) is 4.47. The molecule has 3 rings (SSSR count). The number of rotatable bonds is 10. The predicted molar refractivity (Wildman–Crippen MR) is 124 cm³/mol. The number of esters is 1. The molecule has 1 saturated heterocycles. The third-order valence-electron chi connectivity index (χ3n) is 5.15. The molecule has 2 atom stereocenters. The molecular weight excluding hydrogens is 436 g/mol. The van der Waals surface area contributed by atoms with Crippen LogP contribution in [-0.2, 0) is 41.7 Å². The van der Waals surface area contributed by atoms with Crippen molar-refractivity contribution in [3.8, 4) is 0 Å². The minimum atomic E-state index is -1.02. The Morgan fingerprint density at radius 3 is 2.06 bits per heavy atom. The highest BCUT2D eigenvalue weighted by Crippen LogP contribution is 2.29. The SMILES string of the molecule is CC(=O)CO[C@H]1[C@@H](NC(=O)Cc2ccccc2)C(=O)N1C(C(=O)OCc1ccccc1)=C(C)C. The van der Waals surface area contributed by atoms with Crippen LogP contribution < -0.4 is 5.32 Å². The predicted octanol–water partition coefficient (Wildman–Crippen LogP) is 2.53. The zero-order valence-electron chi connectivity index (χ0n) is 19.4. The van der Waals surface area contributed by atoms with E-state index >= 15 is 0 Å². The minimum absolute atomic E-state index is 0.0306. The van der Waals surface area contributed by atoms with Crippen molar-refractivity contribution < 1.29 is 28.7 Å². The third kappa shape index (κ3) is 6.17. The molecule has 1 aliphatic rings. The summed E-state index contributed by atoms with van der Waals surface area (Å²) in [6, 6.07) is 17.2. The number of amides is 2. The van der Waals surface area contributed by atoms with Gasteiger partial charge in [-0.2, -0.15) is 0 Å². The van der Waals surface area contributed by atoms with Gasteiger partial charge in [-0.3, -0.25) is 19.3 Å². The molecule has 1 N–H and O–H groups in total. The van der Waals surface area contributed by atoms with Crippen LogP contribution in [0.25, 0.3) is 0 Å². The summed E-state index contributed by atoms with van der Waals surface area (Å²) in [4.78, 5) is 51.2. The number of ketones is 1. The first-order chi connectivity index (χ1) is 16.3. The normalized spacial score (nSPS) is 16.9. The van der Waals surface area contributed by atoms with E-state index in [2.05, 4.69) is 5.32 Å². The summed E-state index contributed by atoms with van der Waals surface area (Å²) in [6.07, 6.45) is -0.927. The fourth-order valence-electron chi connectivity index (χ4n) is 3.55. The lowest BCUT2D eigenvalue weighted by atomic mass is 10.0. The van der Waals surface area contributed by atoms with Crippen LogP contribution in [-0.4, -0.2) is 47.3 Å². The Kier molecular flexibility index (Phi) is 8.32. The van der Waals surface area contributed by atoms with Crippen LogP contribution in [0.15, 0.2) is 71.9 Å². The summed E-state index contributed by atoms with van der Waals surface area (Å²) >= 11 is 0. The monoisotopic (exact) mass is 464 g/mol. The molecule has 1 fully saturated rings. The lowest BCUT2D eigenvalue weighted by Crippen LogP contribution is -2.72. The van der Waals surface area contributed by atoms with Gasteiger partial charge >= 0.3 is 5.97 Å². The number of allylic oxidation sites excluding steroid dienone is 1. The average molecular weight is 465 g/mol. The van der Waals surface area contributed by atoms with E-state index in [9.17, 15) is 19.2 Å². The third-order valence-corrected chi connectivity index (χ3v) is 5.15. The zero-order valence-corrected chi connectivity index (χ0v) is 19.4. The van der Waals surface area contributed by atoms with Gasteiger partial charge < -0.3 is 14.8 Å². The van der Waals surface area contributed by atoms with E-state index < -0.39 is 24.1 Å². The van der Waals surface area contributed by atoms with Gasteiger partial charge in [0.2, 0.25) is 5.91 Å². The molecule has 0 radical (unpaired) electrons. The van der Waals surface area contributed by atoms with E-state index in [0.717, 1.165) is 16.0 Å². The molecule has 2 aromatic rings. The molecule has 8 heteroatoms. The highest BCUT2D eigenvalue weighted by Gasteiger charge is 2.52. The molecule has 0 aromatic heterocycles. The van der Waals surface area contributed by atoms with Crippen LogP contribution in [0.4, 0.5) is 0 Å². The van der Waals surface area contributed by atoms with E-state index in [1.807, 2.05) is 60.7 Å². The lowest BCUT2D eigenvalue weighted by molar-refractivity contribution is -0.183. The molecule has 0 unspecified atom stereocenters. The standard InChI is InChI=1S/C26H28N2O6/c1-17(2)23(26(32)34-16-20-12-8-5-9-13-20)28-24(31)22(25(28)33-15-18(3)29)27-21(30)14-19-10-6-4-7-11-19/h4-13,22,25H,14-16H2,1-3H3,(H,27,30)/t22-,25-/m0/s1. The van der Waals surface area contributed by atoms with Gasteiger partial charge in [-0.05, 0) is 37.5 Å². The molecule has 0 spiro atoms. The molecule has 8 nitrogen and oxygen atoms in total. The van der Waals surface area contributed by atoms with Gasteiger partial charge in [0.05, 0.1) is 6.42 Å². The number of carbonyl (C=O) groups excluding carboxylic acids is 4. The molecule has 2 amide bonds. The van der Waals surface area contributed by atoms with Crippen LogP contribution in [0.5, 0.6) is 0 Å². The Morgan fingerprint density at radius 2 is 1.50 bits per heavy atom. The summed E-state index contributed by atoms with van der Waals surface area (Å²) in [5, 5.41) is 2.67. The number of nitrogens with one attached hydrogen (secondary N) is 1. The highest BCUT2D eigenvalue weighted by atomic mass is 16.5. The van der Waals surface area contributed by atoms with E-state index in [1.54, 1.807) is 13.8 Å². The number of ether oxygens (including phenoxy) is 2. The highest BCUT2D eigenvalue weighted by molar-refractivity contribution is 6.01. The van der Waals surface area contributed by atoms with Crippen molar-refractivity contribution >= 4 is 23.6 Å². The second kappa shape index (κ2) is 11.4. The Bertz CT molecular complexity index is 1080. The molecule has 1 heterocycles. The number of hydrogen-bond acceptors (Lipinski definition) is 6. The Labute approximate surface area is 198 Å². The summed E-state index contributed by atoms with van der Waals surface area (Å²) < 4.78 is 11.1. The summed E-state index contributed by atoms with van der Waals surface area (Å²) in [5.41, 5.74) is 2.16. The summed E-state index contributed by atoms with van der Waals surface area (Å²) in [7, 11) is 0. The van der Waals surface area contributed by atoms with Gasteiger partial charge in [0, 0.05) is 0 Å². The van der Waals surface area contributed by atoms with Crippen molar-refractivity contribution in [1.82, 2.24) is 10.2 Å². The number of hydrogen-bond donors (Lipinski definition) is 1. The second-order valence-corrected chi connectivity index (χ2v) is 8.23. The van der Waals surface area contributed by atoms with Gasteiger partial charge in [-0.1, -0.05) is 60.7 Å². The van der Waals surface area contributed by atoms with Crippen LogP contribution in [0.1, 0.15) is 31.9 Å². The van der Waals surface area contributed by atoms with E-state index in [1.165, 1.54) is 6.92 Å². The molecule has 1 aliphatic heterocycles. The lowest BCUT2D eigenvalue weighted by Gasteiger charge is -2.46. The molecule has 34 heavy (non-hydrogen) atoms. The fourth-order valence-corrected chi connectivity index (χ4v) is 3.55. The molecule has 178 valence electrons. The van der Waals surface area contributed by atoms with Crippen molar-refractivity contribution in [3.63, 3.8) is 0 Å². The number of Topliss-reactive ketones (excluding diaryl/α,β-unsaturated/α-hetero) is 1. The van der Waals surface area contributed by atoms with E-state index in [-0.39, 0.29) is 37.0 Å². The van der Waals surface area contributed by atoms with Gasteiger partial charge in [0.15, 0.2) is 18.1 Å². The maximum absolute atomic E-state index is 13.0. The Morgan fingerprint density at radius 1 is 0.912 bits per heavy atom. The van der Waals surface area contributed by atoms with Crippen LogP contribution in [0.3, 0.4) is 0 Å². The summed E-state index contributed by atoms with van der Waals surface area (Å²) in [5.74, 6) is -1.82. The van der Waals surface area contributed by atoms with E-state index in [4.69, 9.17) is 9.47 Å². The van der Waals surface area contributed by atoms with Crippen LogP contribution in [0, 0.1) is 0 Å². The number of β-lactam (4-membered cyclic amide) rings is 1. The second-order valence-electron chi connectivity index (χ2n) is 8.23. The smallest absolute Gasteiger partial charge is 0.355 e. The van der Waals surface area contributed by atoms with Crippen molar-refractivity contribution in [3.05, 3.63) is 83.1 Å². The van der Waals surface area contributed by atoms with Gasteiger partial charge in [-0.15, -0.1) is 0 Å². The first-order valence-electron chi connectivity index (χ1n) is 10.9. The first kappa shape index (κ1) is 24.9. The van der Waals surface area contributed by atoms with Gasteiger partial charge in [-0.25, -0.2) is 4.79 Å². The fraction of sp³-hybridized carbons (Fsp3) is 0.308. The maximum Gasteiger partial charge on any atom is 0.355 e. The quantitative estimate of drug-likeness (QED) is 0.329. The average Bonchev–Trinajstić information content (AvgIpc) is 2.81. The molecule has 2 aromatic carbocycles. The Balaban J connectivity index is 1.73. The molecular formula is C26H28N2O6. The minimum Gasteiger partial charge on any atom is -0.456 e. The van der Waals surface area contributed by atoms with Crippen LogP contribution >= 0.6 is 0 Å². The van der Waals surface area contributed by atoms with Crippen LogP contribution in [0.2, 0.25) is 0 Å². The van der Waals surface area contributed by atoms with Crippen molar-refractivity contribution in [1.29, 1.82) is 0 Å². The number of carbonyl (C=O) groups is 4. The maximum atomic E-state index is 13.0.